The first kappa shape index (κ1) is 13.4. The Bertz CT molecular complexity index is 624. The number of fused-ring (bicyclic) bond motifs is 1. The molecule has 0 saturated heterocycles. The lowest BCUT2D eigenvalue weighted by atomic mass is 10.3. The average molecular weight is 281 g/mol. The van der Waals surface area contributed by atoms with Crippen LogP contribution in [0.1, 0.15) is 0 Å². The zero-order valence-corrected chi connectivity index (χ0v) is 10.5. The van der Waals surface area contributed by atoms with Crippen molar-refractivity contribution in [3.63, 3.8) is 0 Å². The Hall–Kier alpha value is -2.07. The number of carbonyl (C=O) groups is 1. The fourth-order valence-corrected chi connectivity index (χ4v) is 2.10. The first-order valence-corrected chi connectivity index (χ1v) is 6.26. The lowest BCUT2D eigenvalue weighted by Crippen LogP contribution is -2.25. The third kappa shape index (κ3) is 3.23. The predicted octanol–water partition coefficient (Wildman–Crippen LogP) is 1.68. The first-order valence-electron chi connectivity index (χ1n) is 5.28. The van der Waals surface area contributed by atoms with E-state index in [-0.39, 0.29) is 18.2 Å². The van der Waals surface area contributed by atoms with Crippen LogP contribution in [0.2, 0.25) is 0 Å². The molecule has 7 heteroatoms. The number of carbonyl (C=O) groups excluding carboxylic acids is 1. The number of nitrogens with zero attached hydrogens (tertiary/aromatic N) is 1. The van der Waals surface area contributed by atoms with Gasteiger partial charge in [-0.3, -0.25) is 4.79 Å². The fourth-order valence-electron chi connectivity index (χ4n) is 1.38. The predicted molar refractivity (Wildman–Crippen MR) is 68.6 cm³/mol. The summed E-state index contributed by atoms with van der Waals surface area (Å²) in [6.45, 7) is 0.163. The Morgan fingerprint density at radius 1 is 1.47 bits per heavy atom. The van der Waals surface area contributed by atoms with Crippen LogP contribution < -0.4 is 5.32 Å². The number of H-pyrrole nitrogens is 1. The summed E-state index contributed by atoms with van der Waals surface area (Å²) in [5.41, 5.74) is 0.691. The van der Waals surface area contributed by atoms with Gasteiger partial charge in [0.15, 0.2) is 16.8 Å². The zero-order valence-electron chi connectivity index (χ0n) is 9.67. The number of imidazole rings is 1. The van der Waals surface area contributed by atoms with Gasteiger partial charge in [-0.05, 0) is 0 Å². The van der Waals surface area contributed by atoms with Crippen LogP contribution in [-0.2, 0) is 4.79 Å². The van der Waals surface area contributed by atoms with Gasteiger partial charge >= 0.3 is 0 Å². The van der Waals surface area contributed by atoms with Crippen LogP contribution in [-0.4, -0.2) is 28.2 Å². The summed E-state index contributed by atoms with van der Waals surface area (Å²) in [7, 11) is 0. The van der Waals surface area contributed by atoms with Gasteiger partial charge < -0.3 is 10.3 Å². The van der Waals surface area contributed by atoms with Crippen molar-refractivity contribution in [2.45, 2.75) is 5.16 Å². The van der Waals surface area contributed by atoms with E-state index >= 15 is 0 Å². The normalized spacial score (nSPS) is 10.4. The number of terminal acetylenes is 1. The van der Waals surface area contributed by atoms with Crippen molar-refractivity contribution in [1.29, 1.82) is 0 Å². The average Bonchev–Trinajstić information content (AvgIpc) is 2.76. The number of benzene rings is 1. The third-order valence-electron chi connectivity index (χ3n) is 2.23. The molecule has 19 heavy (non-hydrogen) atoms. The standard InChI is InChI=1S/C12H9F2N3OS/c1-2-3-15-11(18)6-19-12-16-9-4-7(13)8(14)5-10(9)17-12/h1,4-5H,3,6H2,(H,15,18)(H,16,17). The number of amides is 1. The molecule has 0 fully saturated rings. The number of thioether (sulfide) groups is 1. The van der Waals surface area contributed by atoms with Crippen LogP contribution in [0.15, 0.2) is 17.3 Å². The Morgan fingerprint density at radius 2 is 2.21 bits per heavy atom. The Balaban J connectivity index is 2.06. The molecule has 0 saturated carbocycles. The molecule has 2 N–H and O–H groups in total. The monoisotopic (exact) mass is 281 g/mol. The number of rotatable bonds is 4. The third-order valence-corrected chi connectivity index (χ3v) is 3.10. The summed E-state index contributed by atoms with van der Waals surface area (Å²) >= 11 is 1.12. The molecule has 0 spiro atoms. The minimum Gasteiger partial charge on any atom is -0.344 e. The summed E-state index contributed by atoms with van der Waals surface area (Å²) in [4.78, 5) is 18.2. The maximum Gasteiger partial charge on any atom is 0.231 e. The van der Waals surface area contributed by atoms with Gasteiger partial charge in [0, 0.05) is 12.1 Å². The SMILES string of the molecule is C#CCNC(=O)CSc1nc2cc(F)c(F)cc2[nH]1. The van der Waals surface area contributed by atoms with Crippen molar-refractivity contribution in [2.75, 3.05) is 12.3 Å². The molecule has 0 aliphatic rings. The lowest BCUT2D eigenvalue weighted by Gasteiger charge is -1.98. The van der Waals surface area contributed by atoms with E-state index in [1.165, 1.54) is 0 Å². The molecule has 0 unspecified atom stereocenters. The van der Waals surface area contributed by atoms with E-state index in [1.54, 1.807) is 0 Å². The minimum atomic E-state index is -0.956. The highest BCUT2D eigenvalue weighted by Crippen LogP contribution is 2.21. The van der Waals surface area contributed by atoms with Crippen molar-refractivity contribution in [3.8, 4) is 12.3 Å². The largest absolute Gasteiger partial charge is 0.344 e. The number of aromatic amines is 1. The number of nitrogens with one attached hydrogen (secondary N) is 2. The molecule has 2 aromatic rings. The quantitative estimate of drug-likeness (QED) is 0.662. The molecule has 98 valence electrons. The zero-order chi connectivity index (χ0) is 13.8. The van der Waals surface area contributed by atoms with E-state index in [0.29, 0.717) is 16.2 Å². The highest BCUT2D eigenvalue weighted by Gasteiger charge is 2.10. The van der Waals surface area contributed by atoms with E-state index in [4.69, 9.17) is 6.42 Å². The molecule has 0 bridgehead atoms. The molecule has 2 rings (SSSR count). The second-order valence-corrected chi connectivity index (χ2v) is 4.56. The lowest BCUT2D eigenvalue weighted by molar-refractivity contribution is -0.118. The Kier molecular flexibility index (Phi) is 4.02. The topological polar surface area (TPSA) is 57.8 Å². The molecule has 1 amide bonds. The summed E-state index contributed by atoms with van der Waals surface area (Å²) in [6, 6.07) is 2.03. The van der Waals surface area contributed by atoms with Crippen molar-refractivity contribution >= 4 is 28.7 Å². The molecule has 1 heterocycles. The molecule has 4 nitrogen and oxygen atoms in total. The van der Waals surface area contributed by atoms with E-state index < -0.39 is 11.6 Å². The van der Waals surface area contributed by atoms with E-state index in [9.17, 15) is 13.6 Å². The van der Waals surface area contributed by atoms with E-state index in [1.807, 2.05) is 0 Å². The van der Waals surface area contributed by atoms with Gasteiger partial charge in [-0.15, -0.1) is 6.42 Å². The van der Waals surface area contributed by atoms with Gasteiger partial charge in [-0.25, -0.2) is 13.8 Å². The number of aromatic nitrogens is 2. The molecule has 0 aliphatic heterocycles. The first-order chi connectivity index (χ1) is 9.10. The smallest absolute Gasteiger partial charge is 0.231 e. The van der Waals surface area contributed by atoms with E-state index in [0.717, 1.165) is 23.9 Å². The molecule has 1 aromatic heterocycles. The molecule has 0 atom stereocenters. The van der Waals surface area contributed by atoms with Gasteiger partial charge in [0.2, 0.25) is 5.91 Å². The van der Waals surface area contributed by atoms with Gasteiger partial charge in [0.25, 0.3) is 0 Å². The summed E-state index contributed by atoms with van der Waals surface area (Å²) in [5, 5.41) is 2.91. The summed E-state index contributed by atoms with van der Waals surface area (Å²) < 4.78 is 26.0. The molecule has 0 aliphatic carbocycles. The van der Waals surface area contributed by atoms with Gasteiger partial charge in [-0.2, -0.15) is 0 Å². The van der Waals surface area contributed by atoms with Crippen LogP contribution in [0, 0.1) is 24.0 Å². The Labute approximate surface area is 112 Å². The number of hydrogen-bond acceptors (Lipinski definition) is 3. The van der Waals surface area contributed by atoms with Crippen LogP contribution in [0.3, 0.4) is 0 Å². The van der Waals surface area contributed by atoms with Crippen molar-refractivity contribution in [1.82, 2.24) is 15.3 Å². The summed E-state index contributed by atoms with van der Waals surface area (Å²) in [6.07, 6.45) is 5.00. The maximum absolute atomic E-state index is 13.0. The van der Waals surface area contributed by atoms with E-state index in [2.05, 4.69) is 21.2 Å². The van der Waals surface area contributed by atoms with Gasteiger partial charge in [0.05, 0.1) is 23.3 Å². The second-order valence-electron chi connectivity index (χ2n) is 3.59. The Morgan fingerprint density at radius 3 is 2.95 bits per heavy atom. The molecular formula is C12H9F2N3OS. The number of hydrogen-bond donors (Lipinski definition) is 2. The van der Waals surface area contributed by atoms with Crippen LogP contribution in [0.5, 0.6) is 0 Å². The van der Waals surface area contributed by atoms with Crippen molar-refractivity contribution in [3.05, 3.63) is 23.8 Å². The molecular weight excluding hydrogens is 272 g/mol. The molecule has 0 radical (unpaired) electrons. The fraction of sp³-hybridized carbons (Fsp3) is 0.167. The van der Waals surface area contributed by atoms with Gasteiger partial charge in [-0.1, -0.05) is 17.7 Å². The van der Waals surface area contributed by atoms with Crippen LogP contribution in [0.4, 0.5) is 8.78 Å². The summed E-state index contributed by atoms with van der Waals surface area (Å²) in [5.74, 6) is 0.264. The van der Waals surface area contributed by atoms with Crippen molar-refractivity contribution < 1.29 is 13.6 Å². The minimum absolute atomic E-state index is 0.118. The molecule has 1 aromatic carbocycles. The maximum atomic E-state index is 13.0. The highest BCUT2D eigenvalue weighted by atomic mass is 32.2. The highest BCUT2D eigenvalue weighted by molar-refractivity contribution is 7.99. The van der Waals surface area contributed by atoms with Crippen LogP contribution in [0.25, 0.3) is 11.0 Å². The number of halogens is 2. The van der Waals surface area contributed by atoms with Gasteiger partial charge in [0.1, 0.15) is 0 Å². The van der Waals surface area contributed by atoms with Crippen LogP contribution >= 0.6 is 11.8 Å². The second kappa shape index (κ2) is 5.71. The van der Waals surface area contributed by atoms with Crippen molar-refractivity contribution in [2.24, 2.45) is 0 Å².